The lowest BCUT2D eigenvalue weighted by atomic mass is 9.78. The van der Waals surface area contributed by atoms with Crippen LogP contribution in [-0.2, 0) is 25.4 Å². The van der Waals surface area contributed by atoms with Crippen molar-refractivity contribution in [2.45, 2.75) is 83.3 Å². The summed E-state index contributed by atoms with van der Waals surface area (Å²) in [4.78, 5) is 14.2. The summed E-state index contributed by atoms with van der Waals surface area (Å²) in [6.45, 7) is 16.5. The number of phenolic OH excluding ortho intramolecular Hbond substituents is 1. The van der Waals surface area contributed by atoms with Crippen molar-refractivity contribution < 1.29 is 23.1 Å². The molecule has 1 amide bonds. The number of allylic oxidation sites excluding steroid dienone is 1. The number of nitrogens with zero attached hydrogens (tertiary/aromatic N) is 2. The first kappa shape index (κ1) is 29.4. The Morgan fingerprint density at radius 1 is 1.00 bits per heavy atom. The Morgan fingerprint density at radius 2 is 1.47 bits per heavy atom. The molecule has 2 aromatic carbocycles. The van der Waals surface area contributed by atoms with Crippen LogP contribution in [0.25, 0.3) is 6.08 Å². The van der Waals surface area contributed by atoms with Gasteiger partial charge in [-0.15, -0.1) is 0 Å². The molecule has 0 aliphatic carbocycles. The summed E-state index contributed by atoms with van der Waals surface area (Å²) in [5.74, 6) is -0.0201. The van der Waals surface area contributed by atoms with Gasteiger partial charge in [0.25, 0.3) is 5.91 Å². The first-order chi connectivity index (χ1) is 17.4. The van der Waals surface area contributed by atoms with Gasteiger partial charge in [0.15, 0.2) is 0 Å². The van der Waals surface area contributed by atoms with Crippen molar-refractivity contribution in [1.82, 2.24) is 4.90 Å². The van der Waals surface area contributed by atoms with Crippen LogP contribution in [0.3, 0.4) is 0 Å². The summed E-state index contributed by atoms with van der Waals surface area (Å²) in [6, 6.07) is 11.0. The van der Waals surface area contributed by atoms with E-state index in [1.807, 2.05) is 61.5 Å². The molecule has 3 rings (SSSR count). The molecule has 0 saturated carbocycles. The summed E-state index contributed by atoms with van der Waals surface area (Å²) < 4.78 is 32.5. The number of hydrogen-bond donors (Lipinski definition) is 1. The lowest BCUT2D eigenvalue weighted by molar-refractivity contribution is -0.0586. The van der Waals surface area contributed by atoms with Crippen molar-refractivity contribution in [1.29, 1.82) is 5.26 Å². The van der Waals surface area contributed by atoms with Gasteiger partial charge in [0.05, 0.1) is 17.1 Å². The van der Waals surface area contributed by atoms with E-state index in [1.54, 1.807) is 17.0 Å². The molecule has 1 fully saturated rings. The van der Waals surface area contributed by atoms with Crippen molar-refractivity contribution in [3.05, 3.63) is 63.6 Å². The lowest BCUT2D eigenvalue weighted by Crippen LogP contribution is -2.48. The number of sulfone groups is 1. The fourth-order valence-corrected chi connectivity index (χ4v) is 5.79. The highest BCUT2D eigenvalue weighted by Crippen LogP contribution is 2.40. The van der Waals surface area contributed by atoms with Crippen LogP contribution < -0.4 is 0 Å². The van der Waals surface area contributed by atoms with Crippen LogP contribution in [0.1, 0.15) is 82.4 Å². The van der Waals surface area contributed by atoms with Crippen molar-refractivity contribution in [2.75, 3.05) is 13.1 Å². The maximum Gasteiger partial charge on any atom is 0.254 e. The van der Waals surface area contributed by atoms with E-state index in [9.17, 15) is 23.6 Å². The summed E-state index contributed by atoms with van der Waals surface area (Å²) in [5, 5.41) is 20.8. The smallest absolute Gasteiger partial charge is 0.254 e. The van der Waals surface area contributed by atoms with Gasteiger partial charge in [0.2, 0.25) is 9.84 Å². The molecular formula is C30H38N2O5S. The number of morpholine rings is 1. The van der Waals surface area contributed by atoms with E-state index in [2.05, 4.69) is 0 Å². The van der Waals surface area contributed by atoms with Crippen LogP contribution in [0.4, 0.5) is 0 Å². The minimum atomic E-state index is -4.15. The Hall–Kier alpha value is -3.15. The lowest BCUT2D eigenvalue weighted by Gasteiger charge is -2.35. The van der Waals surface area contributed by atoms with Gasteiger partial charge >= 0.3 is 0 Å². The largest absolute Gasteiger partial charge is 0.507 e. The Bertz CT molecular complexity index is 1340. The summed E-state index contributed by atoms with van der Waals surface area (Å²) in [6.07, 6.45) is 1.18. The third kappa shape index (κ3) is 6.28. The first-order valence-corrected chi connectivity index (χ1v) is 14.2. The van der Waals surface area contributed by atoms with Crippen LogP contribution in [0, 0.1) is 11.3 Å². The average molecular weight is 539 g/mol. The van der Waals surface area contributed by atoms with Gasteiger partial charge in [0, 0.05) is 29.8 Å². The van der Waals surface area contributed by atoms with Crippen LogP contribution in [-0.4, -0.2) is 49.6 Å². The van der Waals surface area contributed by atoms with Crippen molar-refractivity contribution in [2.24, 2.45) is 0 Å². The number of amides is 1. The van der Waals surface area contributed by atoms with Crippen LogP contribution in [0.5, 0.6) is 5.75 Å². The van der Waals surface area contributed by atoms with E-state index in [0.717, 1.165) is 0 Å². The summed E-state index contributed by atoms with van der Waals surface area (Å²) >= 11 is 0. The van der Waals surface area contributed by atoms with E-state index in [4.69, 9.17) is 4.74 Å². The maximum absolute atomic E-state index is 13.4. The van der Waals surface area contributed by atoms with E-state index in [0.29, 0.717) is 35.3 Å². The predicted octanol–water partition coefficient (Wildman–Crippen LogP) is 5.57. The van der Waals surface area contributed by atoms with Crippen LogP contribution >= 0.6 is 0 Å². The van der Waals surface area contributed by atoms with Gasteiger partial charge in [-0.2, -0.15) is 5.26 Å². The molecule has 0 bridgehead atoms. The number of hydrogen-bond acceptors (Lipinski definition) is 6. The zero-order valence-corrected chi connectivity index (χ0v) is 24.3. The van der Waals surface area contributed by atoms with Gasteiger partial charge < -0.3 is 14.7 Å². The molecule has 1 aliphatic heterocycles. The number of benzene rings is 2. The standard InChI is InChI=1S/C30H38N2O5S/c1-19-17-32(18-20(2)37-19)28(34)22-9-11-23(12-10-22)38(35,36)24(16-31)13-21-14-25(29(3,4)5)27(33)26(15-21)30(6,7)8/h9-15,19-20,33H,17-18H2,1-8H3. The fourth-order valence-electron chi connectivity index (χ4n) is 4.63. The van der Waals surface area contributed by atoms with E-state index < -0.39 is 25.6 Å². The topological polar surface area (TPSA) is 108 Å². The van der Waals surface area contributed by atoms with Crippen molar-refractivity contribution >= 4 is 21.8 Å². The normalized spacial score (nSPS) is 19.2. The van der Waals surface area contributed by atoms with Crippen LogP contribution in [0.2, 0.25) is 0 Å². The number of nitriles is 1. The quantitative estimate of drug-likeness (QED) is 0.510. The van der Waals surface area contributed by atoms with Crippen molar-refractivity contribution in [3.63, 3.8) is 0 Å². The summed E-state index contributed by atoms with van der Waals surface area (Å²) in [7, 11) is -4.15. The molecule has 1 saturated heterocycles. The molecular weight excluding hydrogens is 500 g/mol. The predicted molar refractivity (Wildman–Crippen MR) is 149 cm³/mol. The molecule has 7 nitrogen and oxygen atoms in total. The van der Waals surface area contributed by atoms with E-state index in [1.165, 1.54) is 30.3 Å². The highest BCUT2D eigenvalue weighted by molar-refractivity contribution is 7.95. The number of phenols is 1. The molecule has 1 aliphatic rings. The number of ether oxygens (including phenoxy) is 1. The third-order valence-corrected chi connectivity index (χ3v) is 8.25. The molecule has 2 aromatic rings. The fraction of sp³-hybridized carbons (Fsp3) is 0.467. The SMILES string of the molecule is CC1CN(C(=O)c2ccc(S(=O)(=O)C(C#N)=Cc3cc(C(C)(C)C)c(O)c(C(C)(C)C)c3)cc2)CC(C)O1. The van der Waals surface area contributed by atoms with Crippen LogP contribution in [0.15, 0.2) is 46.2 Å². The molecule has 2 atom stereocenters. The number of rotatable bonds is 4. The molecule has 0 spiro atoms. The Kier molecular flexibility index (Phi) is 8.16. The van der Waals surface area contributed by atoms with Gasteiger partial charge in [-0.25, -0.2) is 8.42 Å². The molecule has 2 unspecified atom stereocenters. The van der Waals surface area contributed by atoms with Crippen molar-refractivity contribution in [3.8, 4) is 11.8 Å². The molecule has 204 valence electrons. The highest BCUT2D eigenvalue weighted by atomic mass is 32.2. The Labute approximate surface area is 226 Å². The average Bonchev–Trinajstić information content (AvgIpc) is 2.80. The minimum absolute atomic E-state index is 0.0727. The zero-order chi connectivity index (χ0) is 28.6. The van der Waals surface area contributed by atoms with E-state index in [-0.39, 0.29) is 28.8 Å². The molecule has 38 heavy (non-hydrogen) atoms. The monoisotopic (exact) mass is 538 g/mol. The Morgan fingerprint density at radius 3 is 1.89 bits per heavy atom. The zero-order valence-electron chi connectivity index (χ0n) is 23.5. The highest BCUT2D eigenvalue weighted by Gasteiger charge is 2.29. The molecule has 1 heterocycles. The Balaban J connectivity index is 2.00. The van der Waals surface area contributed by atoms with E-state index >= 15 is 0 Å². The van der Waals surface area contributed by atoms with Gasteiger partial charge in [-0.3, -0.25) is 4.79 Å². The third-order valence-electron chi connectivity index (χ3n) is 6.56. The van der Waals surface area contributed by atoms with Gasteiger partial charge in [0.1, 0.15) is 16.7 Å². The number of carbonyl (C=O) groups excluding carboxylic acids is 1. The maximum atomic E-state index is 13.4. The summed E-state index contributed by atoms with van der Waals surface area (Å²) in [5.41, 5.74) is 1.41. The molecule has 0 aromatic heterocycles. The second-order valence-electron chi connectivity index (χ2n) is 12.1. The first-order valence-electron chi connectivity index (χ1n) is 12.7. The number of aromatic hydroxyl groups is 1. The molecule has 1 N–H and O–H groups in total. The molecule has 0 radical (unpaired) electrons. The number of carbonyl (C=O) groups is 1. The van der Waals surface area contributed by atoms with Gasteiger partial charge in [-0.1, -0.05) is 41.5 Å². The molecule has 8 heteroatoms. The second-order valence-corrected chi connectivity index (χ2v) is 14.0. The second kappa shape index (κ2) is 10.5. The minimum Gasteiger partial charge on any atom is -0.507 e. The van der Waals surface area contributed by atoms with Gasteiger partial charge in [-0.05, 0) is 72.7 Å².